The summed E-state index contributed by atoms with van der Waals surface area (Å²) in [4.78, 5) is 15.8. The van der Waals surface area contributed by atoms with E-state index in [0.717, 1.165) is 19.3 Å². The van der Waals surface area contributed by atoms with Gasteiger partial charge in [-0.05, 0) is 25.8 Å². The molecule has 1 aliphatic heterocycles. The standard InChI is InChI=1S/C15H26O5/c1-3-5-6-7-11-15(20-17)12-10-13(19-15)8-9-14(16)18-4-2/h8-9,13,17H,3-7,10-12H2,1-2H3/b9-8+/t13-,15-/m1/s1. The van der Waals surface area contributed by atoms with E-state index in [4.69, 9.17) is 14.7 Å². The fourth-order valence-corrected chi connectivity index (χ4v) is 2.39. The zero-order valence-electron chi connectivity index (χ0n) is 12.5. The van der Waals surface area contributed by atoms with Gasteiger partial charge < -0.3 is 9.47 Å². The number of carbonyl (C=O) groups is 1. The summed E-state index contributed by atoms with van der Waals surface area (Å²) < 4.78 is 10.6. The fraction of sp³-hybridized carbons (Fsp3) is 0.800. The monoisotopic (exact) mass is 286 g/mol. The third-order valence-corrected chi connectivity index (χ3v) is 3.49. The zero-order chi connectivity index (χ0) is 14.8. The number of rotatable bonds is 9. The number of carbonyl (C=O) groups excluding carboxylic acids is 1. The molecule has 0 aliphatic carbocycles. The van der Waals surface area contributed by atoms with Gasteiger partial charge in [-0.2, -0.15) is 0 Å². The second kappa shape index (κ2) is 9.10. The van der Waals surface area contributed by atoms with Gasteiger partial charge in [-0.25, -0.2) is 14.9 Å². The molecule has 1 saturated heterocycles. The Morgan fingerprint density at radius 3 is 2.85 bits per heavy atom. The molecule has 20 heavy (non-hydrogen) atoms. The normalized spacial score (nSPS) is 26.2. The molecule has 116 valence electrons. The Hall–Kier alpha value is -0.910. The lowest BCUT2D eigenvalue weighted by Gasteiger charge is -2.25. The topological polar surface area (TPSA) is 65.0 Å². The smallest absolute Gasteiger partial charge is 0.330 e. The average Bonchev–Trinajstić information content (AvgIpc) is 2.86. The summed E-state index contributed by atoms with van der Waals surface area (Å²) in [5, 5.41) is 9.11. The first-order valence-electron chi connectivity index (χ1n) is 7.51. The Balaban J connectivity index is 2.39. The van der Waals surface area contributed by atoms with Crippen molar-refractivity contribution in [1.29, 1.82) is 0 Å². The molecule has 1 aliphatic rings. The van der Waals surface area contributed by atoms with Crippen LogP contribution in [0, 0.1) is 0 Å². The molecule has 0 unspecified atom stereocenters. The van der Waals surface area contributed by atoms with Crippen LogP contribution in [-0.2, 0) is 19.2 Å². The van der Waals surface area contributed by atoms with Crippen LogP contribution in [-0.4, -0.2) is 29.7 Å². The van der Waals surface area contributed by atoms with Gasteiger partial charge in [0.05, 0.1) is 12.7 Å². The summed E-state index contributed by atoms with van der Waals surface area (Å²) in [6, 6.07) is 0. The zero-order valence-corrected chi connectivity index (χ0v) is 12.5. The van der Waals surface area contributed by atoms with Crippen molar-refractivity contribution in [2.24, 2.45) is 0 Å². The third-order valence-electron chi connectivity index (χ3n) is 3.49. The maximum atomic E-state index is 11.2. The summed E-state index contributed by atoms with van der Waals surface area (Å²) in [6.07, 6.45) is 9.27. The molecule has 1 rings (SSSR count). The molecule has 0 aromatic carbocycles. The molecular formula is C15H26O5. The molecule has 5 heteroatoms. The first kappa shape index (κ1) is 17.1. The van der Waals surface area contributed by atoms with E-state index in [1.165, 1.54) is 18.9 Å². The Labute approximate surface area is 120 Å². The summed E-state index contributed by atoms with van der Waals surface area (Å²) >= 11 is 0. The first-order chi connectivity index (χ1) is 9.65. The van der Waals surface area contributed by atoms with E-state index >= 15 is 0 Å². The number of hydrogen-bond donors (Lipinski definition) is 1. The third kappa shape index (κ3) is 5.61. The van der Waals surface area contributed by atoms with E-state index in [2.05, 4.69) is 11.8 Å². The van der Waals surface area contributed by atoms with Crippen LogP contribution in [0.1, 0.15) is 58.8 Å². The Morgan fingerprint density at radius 2 is 2.20 bits per heavy atom. The van der Waals surface area contributed by atoms with Crippen molar-refractivity contribution in [1.82, 2.24) is 0 Å². The van der Waals surface area contributed by atoms with Crippen molar-refractivity contribution in [2.75, 3.05) is 6.61 Å². The molecule has 0 aromatic rings. The largest absolute Gasteiger partial charge is 0.463 e. The van der Waals surface area contributed by atoms with Crippen LogP contribution in [0.2, 0.25) is 0 Å². The van der Waals surface area contributed by atoms with Gasteiger partial charge >= 0.3 is 5.97 Å². The SMILES string of the molecule is CCCCCC[C@@]1(OO)CC[C@@H](/C=C/C(=O)OCC)O1. The minimum atomic E-state index is -0.905. The molecule has 0 saturated carbocycles. The molecule has 0 amide bonds. The summed E-state index contributed by atoms with van der Waals surface area (Å²) in [6.45, 7) is 4.27. The number of esters is 1. The van der Waals surface area contributed by atoms with Crippen LogP contribution < -0.4 is 0 Å². The summed E-state index contributed by atoms with van der Waals surface area (Å²) in [7, 11) is 0. The maximum Gasteiger partial charge on any atom is 0.330 e. The Bertz CT molecular complexity index is 315. The quantitative estimate of drug-likeness (QED) is 0.231. The summed E-state index contributed by atoms with van der Waals surface area (Å²) in [5.41, 5.74) is 0. The van der Waals surface area contributed by atoms with Gasteiger partial charge in [0.1, 0.15) is 0 Å². The molecule has 0 bridgehead atoms. The lowest BCUT2D eigenvalue weighted by molar-refractivity contribution is -0.398. The highest BCUT2D eigenvalue weighted by Gasteiger charge is 2.40. The van der Waals surface area contributed by atoms with Gasteiger partial charge in [0.15, 0.2) is 0 Å². The average molecular weight is 286 g/mol. The van der Waals surface area contributed by atoms with Crippen LogP contribution in [0.4, 0.5) is 0 Å². The second-order valence-electron chi connectivity index (χ2n) is 5.12. The predicted octanol–water partition coefficient (Wildman–Crippen LogP) is 3.44. The van der Waals surface area contributed by atoms with Crippen molar-refractivity contribution in [3.63, 3.8) is 0 Å². The van der Waals surface area contributed by atoms with Crippen molar-refractivity contribution < 1.29 is 24.4 Å². The van der Waals surface area contributed by atoms with Gasteiger partial charge in [-0.3, -0.25) is 0 Å². The fourth-order valence-electron chi connectivity index (χ4n) is 2.39. The van der Waals surface area contributed by atoms with Crippen LogP contribution >= 0.6 is 0 Å². The lowest BCUT2D eigenvalue weighted by atomic mass is 10.0. The minimum Gasteiger partial charge on any atom is -0.463 e. The van der Waals surface area contributed by atoms with Crippen molar-refractivity contribution in [2.45, 2.75) is 70.7 Å². The molecule has 1 N–H and O–H groups in total. The van der Waals surface area contributed by atoms with E-state index in [1.54, 1.807) is 13.0 Å². The van der Waals surface area contributed by atoms with Crippen molar-refractivity contribution in [3.05, 3.63) is 12.2 Å². The molecule has 0 spiro atoms. The van der Waals surface area contributed by atoms with Crippen molar-refractivity contribution in [3.8, 4) is 0 Å². The van der Waals surface area contributed by atoms with E-state index < -0.39 is 5.79 Å². The highest BCUT2D eigenvalue weighted by atomic mass is 17.1. The van der Waals surface area contributed by atoms with Gasteiger partial charge in [0.25, 0.3) is 0 Å². The maximum absolute atomic E-state index is 11.2. The highest BCUT2D eigenvalue weighted by Crippen LogP contribution is 2.35. The molecule has 1 fully saturated rings. The van der Waals surface area contributed by atoms with Gasteiger partial charge in [0.2, 0.25) is 5.79 Å². The van der Waals surface area contributed by atoms with Gasteiger partial charge in [-0.1, -0.05) is 26.2 Å². The molecule has 0 aromatic heterocycles. The van der Waals surface area contributed by atoms with Crippen molar-refractivity contribution >= 4 is 5.97 Å². The van der Waals surface area contributed by atoms with Crippen LogP contribution in [0.3, 0.4) is 0 Å². The minimum absolute atomic E-state index is 0.210. The first-order valence-corrected chi connectivity index (χ1v) is 7.51. The van der Waals surface area contributed by atoms with E-state index in [0.29, 0.717) is 19.4 Å². The summed E-state index contributed by atoms with van der Waals surface area (Å²) in [5.74, 6) is -1.28. The van der Waals surface area contributed by atoms with Crippen LogP contribution in [0.5, 0.6) is 0 Å². The number of unbranched alkanes of at least 4 members (excludes halogenated alkanes) is 3. The Kier molecular flexibility index (Phi) is 7.80. The molecule has 0 radical (unpaired) electrons. The van der Waals surface area contributed by atoms with E-state index in [1.807, 2.05) is 0 Å². The molecule has 2 atom stereocenters. The van der Waals surface area contributed by atoms with Gasteiger partial charge in [-0.15, -0.1) is 0 Å². The second-order valence-corrected chi connectivity index (χ2v) is 5.12. The number of ether oxygens (including phenoxy) is 2. The van der Waals surface area contributed by atoms with Gasteiger partial charge in [0, 0.05) is 18.9 Å². The van der Waals surface area contributed by atoms with E-state index in [9.17, 15) is 4.79 Å². The Morgan fingerprint density at radius 1 is 1.40 bits per heavy atom. The molecule has 1 heterocycles. The molecular weight excluding hydrogens is 260 g/mol. The van der Waals surface area contributed by atoms with E-state index in [-0.39, 0.29) is 12.1 Å². The number of hydrogen-bond acceptors (Lipinski definition) is 5. The predicted molar refractivity (Wildman–Crippen MR) is 75.1 cm³/mol. The van der Waals surface area contributed by atoms with Crippen LogP contribution in [0.25, 0.3) is 0 Å². The van der Waals surface area contributed by atoms with Crippen LogP contribution in [0.15, 0.2) is 12.2 Å². The lowest BCUT2D eigenvalue weighted by Crippen LogP contribution is -2.31. The highest BCUT2D eigenvalue weighted by molar-refractivity contribution is 5.81. The molecule has 5 nitrogen and oxygen atoms in total.